The summed E-state index contributed by atoms with van der Waals surface area (Å²) in [5.41, 5.74) is -0.937. The van der Waals surface area contributed by atoms with Gasteiger partial charge in [-0.05, 0) is 41.6 Å². The Kier molecular flexibility index (Phi) is 5.73. The highest BCUT2D eigenvalue weighted by molar-refractivity contribution is 6.31. The number of nitrogens with zero attached hydrogens (tertiary/aromatic N) is 5. The van der Waals surface area contributed by atoms with Gasteiger partial charge in [0, 0.05) is 23.2 Å². The zero-order valence-electron chi connectivity index (χ0n) is 15.3. The summed E-state index contributed by atoms with van der Waals surface area (Å²) in [6, 6.07) is 10.2. The molecule has 2 aromatic carbocycles. The predicted octanol–water partition coefficient (Wildman–Crippen LogP) is 3.58. The minimum Gasteiger partial charge on any atom is -0.391 e. The van der Waals surface area contributed by atoms with Crippen LogP contribution in [0.3, 0.4) is 0 Å². The fourth-order valence-corrected chi connectivity index (χ4v) is 2.81. The van der Waals surface area contributed by atoms with Gasteiger partial charge in [0.1, 0.15) is 6.61 Å². The van der Waals surface area contributed by atoms with E-state index in [1.54, 1.807) is 31.2 Å². The summed E-state index contributed by atoms with van der Waals surface area (Å²) >= 11 is 5.93. The van der Waals surface area contributed by atoms with Crippen LogP contribution < -0.4 is 5.69 Å². The van der Waals surface area contributed by atoms with Gasteiger partial charge in [0.15, 0.2) is 0 Å². The SMILES string of the molecule is CC(=NOCc1c(-n2nnn(C)c2=O)cccc1C(F)(F)F)c1cccc(Cl)c1. The molecule has 0 aliphatic heterocycles. The maximum absolute atomic E-state index is 13.5. The highest BCUT2D eigenvalue weighted by Crippen LogP contribution is 2.34. The van der Waals surface area contributed by atoms with E-state index in [2.05, 4.69) is 15.6 Å². The topological polar surface area (TPSA) is 74.3 Å². The van der Waals surface area contributed by atoms with E-state index in [0.717, 1.165) is 15.4 Å². The van der Waals surface area contributed by atoms with Crippen LogP contribution in [0.5, 0.6) is 0 Å². The number of oxime groups is 1. The molecule has 0 N–H and O–H groups in total. The summed E-state index contributed by atoms with van der Waals surface area (Å²) in [6.45, 7) is 1.10. The molecule has 0 aliphatic carbocycles. The van der Waals surface area contributed by atoms with E-state index < -0.39 is 24.0 Å². The molecule has 0 amide bonds. The molecule has 3 rings (SSSR count). The molecule has 0 saturated carbocycles. The average Bonchev–Trinajstić information content (AvgIpc) is 2.99. The lowest BCUT2D eigenvalue weighted by Gasteiger charge is -2.15. The van der Waals surface area contributed by atoms with E-state index in [9.17, 15) is 18.0 Å². The molecule has 1 heterocycles. The monoisotopic (exact) mass is 425 g/mol. The molecule has 11 heteroatoms. The molecule has 0 radical (unpaired) electrons. The molecule has 1 aromatic heterocycles. The molecule has 7 nitrogen and oxygen atoms in total. The van der Waals surface area contributed by atoms with Crippen LogP contribution >= 0.6 is 11.6 Å². The quantitative estimate of drug-likeness (QED) is 0.462. The highest BCUT2D eigenvalue weighted by atomic mass is 35.5. The molecule has 0 bridgehead atoms. The van der Waals surface area contributed by atoms with Crippen molar-refractivity contribution in [3.63, 3.8) is 0 Å². The Morgan fingerprint density at radius 1 is 1.21 bits per heavy atom. The number of alkyl halides is 3. The number of rotatable bonds is 5. The predicted molar refractivity (Wildman–Crippen MR) is 100 cm³/mol. The Bertz CT molecular complexity index is 1120. The molecule has 0 aliphatic rings. The Balaban J connectivity index is 1.98. The standard InChI is InChI=1S/C18H15ClF3N5O2/c1-11(12-5-3-6-13(19)9-12)23-29-10-14-15(18(20,21)22)7-4-8-16(14)27-17(28)26(2)24-25-27/h3-9H,10H2,1-2H3. The normalized spacial score (nSPS) is 12.3. The zero-order chi connectivity index (χ0) is 21.2. The van der Waals surface area contributed by atoms with Crippen LogP contribution in [0.25, 0.3) is 5.69 Å². The zero-order valence-corrected chi connectivity index (χ0v) is 16.1. The molecular formula is C18H15ClF3N5O2. The third kappa shape index (κ3) is 4.48. The number of aryl methyl sites for hydroxylation is 1. The van der Waals surface area contributed by atoms with Gasteiger partial charge in [-0.3, -0.25) is 0 Å². The van der Waals surface area contributed by atoms with E-state index in [4.69, 9.17) is 16.4 Å². The van der Waals surface area contributed by atoms with Gasteiger partial charge in [-0.1, -0.05) is 35.0 Å². The van der Waals surface area contributed by atoms with Crippen molar-refractivity contribution in [2.75, 3.05) is 0 Å². The molecule has 0 unspecified atom stereocenters. The van der Waals surface area contributed by atoms with Gasteiger partial charge in [0.25, 0.3) is 0 Å². The maximum Gasteiger partial charge on any atom is 0.416 e. The number of halogens is 4. The van der Waals surface area contributed by atoms with Crippen LogP contribution in [0.1, 0.15) is 23.6 Å². The molecular weight excluding hydrogens is 411 g/mol. The summed E-state index contributed by atoms with van der Waals surface area (Å²) < 4.78 is 42.2. The van der Waals surface area contributed by atoms with Crippen LogP contribution in [-0.2, 0) is 24.7 Å². The molecule has 0 fully saturated rings. The largest absolute Gasteiger partial charge is 0.416 e. The van der Waals surface area contributed by atoms with Gasteiger partial charge in [0.2, 0.25) is 0 Å². The van der Waals surface area contributed by atoms with Crippen molar-refractivity contribution >= 4 is 17.3 Å². The van der Waals surface area contributed by atoms with Crippen molar-refractivity contribution in [1.82, 2.24) is 19.8 Å². The Morgan fingerprint density at radius 3 is 2.55 bits per heavy atom. The second-order valence-electron chi connectivity index (χ2n) is 6.06. The smallest absolute Gasteiger partial charge is 0.391 e. The van der Waals surface area contributed by atoms with Gasteiger partial charge >= 0.3 is 11.9 Å². The highest BCUT2D eigenvalue weighted by Gasteiger charge is 2.35. The summed E-state index contributed by atoms with van der Waals surface area (Å²) in [5.74, 6) is 0. The lowest BCUT2D eigenvalue weighted by atomic mass is 10.1. The summed E-state index contributed by atoms with van der Waals surface area (Å²) in [4.78, 5) is 17.3. The summed E-state index contributed by atoms with van der Waals surface area (Å²) in [5, 5.41) is 11.5. The number of benzene rings is 2. The molecule has 0 saturated heterocycles. The summed E-state index contributed by atoms with van der Waals surface area (Å²) in [6.07, 6.45) is -4.66. The molecule has 0 spiro atoms. The molecule has 3 aromatic rings. The van der Waals surface area contributed by atoms with Crippen molar-refractivity contribution < 1.29 is 18.0 Å². The molecule has 29 heavy (non-hydrogen) atoms. The van der Waals surface area contributed by atoms with Gasteiger partial charge in [-0.2, -0.15) is 22.5 Å². The van der Waals surface area contributed by atoms with Crippen LogP contribution in [0.2, 0.25) is 5.02 Å². The van der Waals surface area contributed by atoms with Crippen LogP contribution in [-0.4, -0.2) is 25.5 Å². The van der Waals surface area contributed by atoms with E-state index in [1.807, 2.05) is 0 Å². The fourth-order valence-electron chi connectivity index (χ4n) is 2.62. The minimum atomic E-state index is -4.66. The summed E-state index contributed by atoms with van der Waals surface area (Å²) in [7, 11) is 1.34. The van der Waals surface area contributed by atoms with Gasteiger partial charge in [-0.25, -0.2) is 4.79 Å². The average molecular weight is 426 g/mol. The first-order valence-electron chi connectivity index (χ1n) is 8.29. The van der Waals surface area contributed by atoms with Crippen molar-refractivity contribution in [2.45, 2.75) is 19.7 Å². The van der Waals surface area contributed by atoms with Crippen molar-refractivity contribution in [3.8, 4) is 5.69 Å². The van der Waals surface area contributed by atoms with Gasteiger partial charge in [-0.15, -0.1) is 0 Å². The lowest BCUT2D eigenvalue weighted by Crippen LogP contribution is -2.24. The fraction of sp³-hybridized carbons (Fsp3) is 0.222. The van der Waals surface area contributed by atoms with Crippen LogP contribution in [0, 0.1) is 0 Å². The van der Waals surface area contributed by atoms with E-state index in [-0.39, 0.29) is 11.3 Å². The van der Waals surface area contributed by atoms with E-state index in [0.29, 0.717) is 16.3 Å². The second kappa shape index (κ2) is 8.08. The first-order valence-corrected chi connectivity index (χ1v) is 8.67. The lowest BCUT2D eigenvalue weighted by molar-refractivity contribution is -0.138. The van der Waals surface area contributed by atoms with Crippen molar-refractivity contribution in [1.29, 1.82) is 0 Å². The van der Waals surface area contributed by atoms with E-state index >= 15 is 0 Å². The van der Waals surface area contributed by atoms with Crippen LogP contribution in [0.4, 0.5) is 13.2 Å². The number of hydrogen-bond acceptors (Lipinski definition) is 5. The Labute approximate surface area is 167 Å². The molecule has 0 atom stereocenters. The Hall–Kier alpha value is -3.14. The first-order chi connectivity index (χ1) is 13.7. The minimum absolute atomic E-state index is 0.0893. The number of tetrazole rings is 1. The van der Waals surface area contributed by atoms with Crippen molar-refractivity contribution in [2.24, 2.45) is 12.2 Å². The number of hydrogen-bond donors (Lipinski definition) is 0. The van der Waals surface area contributed by atoms with Gasteiger partial charge < -0.3 is 4.84 Å². The second-order valence-corrected chi connectivity index (χ2v) is 6.49. The van der Waals surface area contributed by atoms with Crippen LogP contribution in [0.15, 0.2) is 52.4 Å². The molecule has 152 valence electrons. The Morgan fingerprint density at radius 2 is 1.93 bits per heavy atom. The third-order valence-electron chi connectivity index (χ3n) is 4.06. The number of aromatic nitrogens is 4. The van der Waals surface area contributed by atoms with E-state index in [1.165, 1.54) is 19.2 Å². The maximum atomic E-state index is 13.5. The van der Waals surface area contributed by atoms with Gasteiger partial charge in [0.05, 0.1) is 17.0 Å². The van der Waals surface area contributed by atoms with Crippen molar-refractivity contribution in [3.05, 3.63) is 74.7 Å². The third-order valence-corrected chi connectivity index (χ3v) is 4.29. The first kappa shape index (κ1) is 20.6.